The minimum atomic E-state index is -0.0557. The van der Waals surface area contributed by atoms with Gasteiger partial charge in [0.1, 0.15) is 0 Å². The van der Waals surface area contributed by atoms with Crippen LogP contribution in [0.5, 0.6) is 0 Å². The molecular formula is C21H26N8O2. The van der Waals surface area contributed by atoms with Crippen molar-refractivity contribution in [3.8, 4) is 0 Å². The Morgan fingerprint density at radius 1 is 1.10 bits per heavy atom. The number of anilines is 1. The summed E-state index contributed by atoms with van der Waals surface area (Å²) >= 11 is 0. The van der Waals surface area contributed by atoms with Crippen LogP contribution in [0.15, 0.2) is 35.1 Å². The van der Waals surface area contributed by atoms with Crippen molar-refractivity contribution in [1.82, 2.24) is 35.1 Å². The Morgan fingerprint density at radius 3 is 2.77 bits per heavy atom. The van der Waals surface area contributed by atoms with Crippen LogP contribution in [0.4, 0.5) is 5.95 Å². The van der Waals surface area contributed by atoms with Crippen LogP contribution in [-0.2, 0) is 37.2 Å². The molecule has 2 aromatic heterocycles. The quantitative estimate of drug-likeness (QED) is 0.608. The first-order valence-electron chi connectivity index (χ1n) is 10.7. The number of nitrogens with one attached hydrogen (secondary N) is 1. The number of nitrogens with zero attached hydrogens (tertiary/aromatic N) is 7. The molecule has 0 amide bonds. The molecule has 2 aliphatic rings. The smallest absolute Gasteiger partial charge is 0.257 e. The van der Waals surface area contributed by atoms with Gasteiger partial charge in [0, 0.05) is 39.1 Å². The van der Waals surface area contributed by atoms with Gasteiger partial charge in [-0.3, -0.25) is 14.7 Å². The first kappa shape index (κ1) is 19.8. The molecule has 5 rings (SSSR count). The molecule has 10 heteroatoms. The Morgan fingerprint density at radius 2 is 1.94 bits per heavy atom. The van der Waals surface area contributed by atoms with Crippen LogP contribution in [0.2, 0.25) is 0 Å². The van der Waals surface area contributed by atoms with Crippen molar-refractivity contribution in [3.63, 3.8) is 0 Å². The average Bonchev–Trinajstić information content (AvgIpc) is 3.26. The van der Waals surface area contributed by atoms with Crippen molar-refractivity contribution in [2.45, 2.75) is 32.5 Å². The normalized spacial score (nSPS) is 17.0. The predicted octanol–water partition coefficient (Wildman–Crippen LogP) is 0.394. The van der Waals surface area contributed by atoms with E-state index in [2.05, 4.69) is 42.4 Å². The van der Waals surface area contributed by atoms with Crippen LogP contribution in [0.25, 0.3) is 0 Å². The molecule has 3 aromatic rings. The third-order valence-electron chi connectivity index (χ3n) is 5.87. The molecule has 0 radical (unpaired) electrons. The lowest BCUT2D eigenvalue weighted by Gasteiger charge is -2.30. The second-order valence-electron chi connectivity index (χ2n) is 7.93. The Bertz CT molecular complexity index is 1070. The molecule has 0 unspecified atom stereocenters. The summed E-state index contributed by atoms with van der Waals surface area (Å²) in [6, 6.07) is 10.3. The molecule has 0 atom stereocenters. The van der Waals surface area contributed by atoms with E-state index in [1.807, 2.05) is 22.9 Å². The number of aromatic amines is 1. The van der Waals surface area contributed by atoms with Gasteiger partial charge in [0.15, 0.2) is 5.82 Å². The summed E-state index contributed by atoms with van der Waals surface area (Å²) in [5, 5.41) is 12.2. The fourth-order valence-electron chi connectivity index (χ4n) is 4.12. The van der Waals surface area contributed by atoms with Crippen molar-refractivity contribution in [2.24, 2.45) is 0 Å². The third-order valence-corrected chi connectivity index (χ3v) is 5.87. The zero-order valence-electron chi connectivity index (χ0n) is 17.4. The van der Waals surface area contributed by atoms with Crippen molar-refractivity contribution in [2.75, 3.05) is 37.7 Å². The van der Waals surface area contributed by atoms with E-state index in [0.717, 1.165) is 56.1 Å². The highest BCUT2D eigenvalue weighted by Gasteiger charge is 2.24. The highest BCUT2D eigenvalue weighted by molar-refractivity contribution is 5.34. The summed E-state index contributed by atoms with van der Waals surface area (Å²) in [5.41, 5.74) is 2.83. The second-order valence-corrected chi connectivity index (χ2v) is 7.93. The number of rotatable bonds is 6. The van der Waals surface area contributed by atoms with Gasteiger partial charge in [0.05, 0.1) is 31.0 Å². The number of aryl methyl sites for hydroxylation is 2. The molecule has 2 aliphatic heterocycles. The highest BCUT2D eigenvalue weighted by atomic mass is 16.5. The maximum Gasteiger partial charge on any atom is 0.257 e. The first-order valence-corrected chi connectivity index (χ1v) is 10.7. The van der Waals surface area contributed by atoms with Gasteiger partial charge in [-0.25, -0.2) is 9.67 Å². The summed E-state index contributed by atoms with van der Waals surface area (Å²) in [6.45, 7) is 5.51. The van der Waals surface area contributed by atoms with Gasteiger partial charge in [-0.15, -0.1) is 5.10 Å². The molecule has 1 N–H and O–H groups in total. The third kappa shape index (κ3) is 4.49. The van der Waals surface area contributed by atoms with Gasteiger partial charge in [-0.2, -0.15) is 0 Å². The maximum atomic E-state index is 12.8. The molecule has 10 nitrogen and oxygen atoms in total. The molecular weight excluding hydrogens is 396 g/mol. The number of hydrogen-bond donors (Lipinski definition) is 1. The lowest BCUT2D eigenvalue weighted by atomic mass is 10.1. The SMILES string of the molecule is O=c1[nH]c(N2CCOCC2)nc2c1CN(Cc1nnnn1CCc1ccccc1)CC2. The van der Waals surface area contributed by atoms with E-state index in [0.29, 0.717) is 32.3 Å². The van der Waals surface area contributed by atoms with Gasteiger partial charge >= 0.3 is 0 Å². The maximum absolute atomic E-state index is 12.8. The van der Waals surface area contributed by atoms with Gasteiger partial charge in [0.2, 0.25) is 5.95 Å². The lowest BCUT2D eigenvalue weighted by molar-refractivity contribution is 0.122. The monoisotopic (exact) mass is 422 g/mol. The minimum absolute atomic E-state index is 0.0557. The molecule has 0 spiro atoms. The Kier molecular flexibility index (Phi) is 5.72. The molecule has 31 heavy (non-hydrogen) atoms. The first-order chi connectivity index (χ1) is 15.3. The van der Waals surface area contributed by atoms with E-state index in [1.165, 1.54) is 5.56 Å². The zero-order valence-corrected chi connectivity index (χ0v) is 17.4. The lowest BCUT2D eigenvalue weighted by Crippen LogP contribution is -2.41. The van der Waals surface area contributed by atoms with Gasteiger partial charge in [-0.1, -0.05) is 30.3 Å². The van der Waals surface area contributed by atoms with Crippen molar-refractivity contribution in [1.29, 1.82) is 0 Å². The van der Waals surface area contributed by atoms with E-state index in [9.17, 15) is 4.79 Å². The fourth-order valence-corrected chi connectivity index (χ4v) is 4.12. The van der Waals surface area contributed by atoms with Crippen LogP contribution in [-0.4, -0.2) is 67.9 Å². The Labute approximate surface area is 179 Å². The molecule has 0 aliphatic carbocycles. The summed E-state index contributed by atoms with van der Waals surface area (Å²) in [4.78, 5) is 24.8. The van der Waals surface area contributed by atoms with E-state index >= 15 is 0 Å². The van der Waals surface area contributed by atoms with Crippen molar-refractivity contribution in [3.05, 3.63) is 63.3 Å². The van der Waals surface area contributed by atoms with Crippen LogP contribution < -0.4 is 10.5 Å². The Balaban J connectivity index is 1.25. The molecule has 1 aromatic carbocycles. The number of tetrazole rings is 1. The van der Waals surface area contributed by atoms with Crippen molar-refractivity contribution >= 4 is 5.95 Å². The van der Waals surface area contributed by atoms with Gasteiger partial charge < -0.3 is 9.64 Å². The van der Waals surface area contributed by atoms with Crippen LogP contribution in [0.1, 0.15) is 22.6 Å². The molecule has 0 saturated carbocycles. The van der Waals surface area contributed by atoms with Crippen LogP contribution >= 0.6 is 0 Å². The fraction of sp³-hybridized carbons (Fsp3) is 0.476. The average molecular weight is 422 g/mol. The number of ether oxygens (including phenoxy) is 1. The Hall–Kier alpha value is -3.11. The number of H-pyrrole nitrogens is 1. The number of hydrogen-bond acceptors (Lipinski definition) is 8. The largest absolute Gasteiger partial charge is 0.378 e. The van der Waals surface area contributed by atoms with E-state index < -0.39 is 0 Å². The molecule has 162 valence electrons. The summed E-state index contributed by atoms with van der Waals surface area (Å²) in [7, 11) is 0. The standard InChI is InChI=1S/C21H26N8O2/c30-20-17-14-27(8-7-18(17)22-21(23-20)28-10-12-31-13-11-28)15-19-24-25-26-29(19)9-6-16-4-2-1-3-5-16/h1-5H,6-15H2,(H,22,23,30). The second kappa shape index (κ2) is 8.94. The predicted molar refractivity (Wildman–Crippen MR) is 114 cm³/mol. The van der Waals surface area contributed by atoms with Crippen LogP contribution in [0.3, 0.4) is 0 Å². The molecule has 0 bridgehead atoms. The zero-order chi connectivity index (χ0) is 21.0. The van der Waals surface area contributed by atoms with Gasteiger partial charge in [0.25, 0.3) is 5.56 Å². The number of fused-ring (bicyclic) bond motifs is 1. The summed E-state index contributed by atoms with van der Waals surface area (Å²) in [6.07, 6.45) is 1.61. The highest BCUT2D eigenvalue weighted by Crippen LogP contribution is 2.18. The molecule has 1 saturated heterocycles. The molecule has 4 heterocycles. The number of morpholine rings is 1. The molecule has 1 fully saturated rings. The van der Waals surface area contributed by atoms with Crippen LogP contribution in [0, 0.1) is 0 Å². The number of benzene rings is 1. The summed E-state index contributed by atoms with van der Waals surface area (Å²) < 4.78 is 7.25. The minimum Gasteiger partial charge on any atom is -0.378 e. The van der Waals surface area contributed by atoms with Crippen molar-refractivity contribution < 1.29 is 4.74 Å². The van der Waals surface area contributed by atoms with Gasteiger partial charge in [-0.05, 0) is 22.4 Å². The van der Waals surface area contributed by atoms with E-state index in [-0.39, 0.29) is 5.56 Å². The van der Waals surface area contributed by atoms with E-state index in [4.69, 9.17) is 9.72 Å². The topological polar surface area (TPSA) is 105 Å². The summed E-state index contributed by atoms with van der Waals surface area (Å²) in [5.74, 6) is 1.47. The van der Waals surface area contributed by atoms with E-state index in [1.54, 1.807) is 0 Å². The number of aromatic nitrogens is 6.